The van der Waals surface area contributed by atoms with Crippen molar-refractivity contribution in [1.82, 2.24) is 10.2 Å². The number of nitrogens with zero attached hydrogens (tertiary/aromatic N) is 2. The molecule has 0 amide bonds. The second-order valence-electron chi connectivity index (χ2n) is 5.33. The molecule has 1 aliphatic heterocycles. The smallest absolute Gasteiger partial charge is 0.189 e. The molecule has 3 N–H and O–H groups in total. The Morgan fingerprint density at radius 1 is 1.29 bits per heavy atom. The van der Waals surface area contributed by atoms with Crippen LogP contribution in [-0.2, 0) is 0 Å². The number of hydrogen-bond acceptors (Lipinski definition) is 2. The number of likely N-dealkylation sites (tertiary alicyclic amines) is 1. The molecule has 98 valence electrons. The quantitative estimate of drug-likeness (QED) is 0.576. The van der Waals surface area contributed by atoms with Crippen LogP contribution in [0.15, 0.2) is 4.99 Å². The highest BCUT2D eigenvalue weighted by molar-refractivity contribution is 5.78. The third-order valence-electron chi connectivity index (χ3n) is 3.95. The normalized spacial score (nSPS) is 28.5. The van der Waals surface area contributed by atoms with Gasteiger partial charge in [-0.3, -0.25) is 4.99 Å². The fourth-order valence-electron chi connectivity index (χ4n) is 2.94. The van der Waals surface area contributed by atoms with Crippen molar-refractivity contribution in [2.24, 2.45) is 10.7 Å². The van der Waals surface area contributed by atoms with Gasteiger partial charge in [0.15, 0.2) is 5.96 Å². The third kappa shape index (κ3) is 3.87. The van der Waals surface area contributed by atoms with Gasteiger partial charge in [-0.15, -0.1) is 0 Å². The topological polar surface area (TPSA) is 53.6 Å². The minimum atomic E-state index is 0.480. The van der Waals surface area contributed by atoms with Crippen molar-refractivity contribution in [1.29, 1.82) is 0 Å². The molecule has 1 aliphatic carbocycles. The number of hydrogen-bond donors (Lipinski definition) is 2. The van der Waals surface area contributed by atoms with E-state index >= 15 is 0 Å². The van der Waals surface area contributed by atoms with E-state index in [2.05, 4.69) is 22.1 Å². The second kappa shape index (κ2) is 6.24. The van der Waals surface area contributed by atoms with Crippen molar-refractivity contribution < 1.29 is 0 Å². The number of rotatable bonds is 3. The molecule has 2 aliphatic rings. The van der Waals surface area contributed by atoms with Crippen LogP contribution in [0.2, 0.25) is 0 Å². The summed E-state index contributed by atoms with van der Waals surface area (Å²) in [6.07, 6.45) is 7.55. The SMILES string of the molecule is CCN1CCCC(NC(N)=NC2CCCC2)C1. The maximum absolute atomic E-state index is 5.99. The van der Waals surface area contributed by atoms with Gasteiger partial charge in [0.2, 0.25) is 0 Å². The summed E-state index contributed by atoms with van der Waals surface area (Å²) < 4.78 is 0. The molecule has 2 fully saturated rings. The lowest BCUT2D eigenvalue weighted by molar-refractivity contribution is 0.210. The maximum Gasteiger partial charge on any atom is 0.189 e. The van der Waals surface area contributed by atoms with Crippen LogP contribution >= 0.6 is 0 Å². The van der Waals surface area contributed by atoms with Crippen LogP contribution in [0.25, 0.3) is 0 Å². The van der Waals surface area contributed by atoms with Crippen molar-refractivity contribution in [2.45, 2.75) is 57.5 Å². The maximum atomic E-state index is 5.99. The second-order valence-corrected chi connectivity index (χ2v) is 5.33. The Morgan fingerprint density at radius 3 is 2.76 bits per heavy atom. The molecule has 4 heteroatoms. The monoisotopic (exact) mass is 238 g/mol. The third-order valence-corrected chi connectivity index (χ3v) is 3.95. The molecule has 0 aromatic carbocycles. The molecule has 4 nitrogen and oxygen atoms in total. The molecule has 1 saturated heterocycles. The summed E-state index contributed by atoms with van der Waals surface area (Å²) in [6.45, 7) is 5.70. The molecule has 0 bridgehead atoms. The predicted octanol–water partition coefficient (Wildman–Crippen LogP) is 1.32. The van der Waals surface area contributed by atoms with E-state index in [0.29, 0.717) is 18.0 Å². The van der Waals surface area contributed by atoms with Gasteiger partial charge in [0.25, 0.3) is 0 Å². The summed E-state index contributed by atoms with van der Waals surface area (Å²) in [4.78, 5) is 7.06. The Bertz CT molecular complexity index is 258. The summed E-state index contributed by atoms with van der Waals surface area (Å²) in [5.74, 6) is 0.667. The molecular formula is C13H26N4. The van der Waals surface area contributed by atoms with E-state index in [1.807, 2.05) is 0 Å². The highest BCUT2D eigenvalue weighted by atomic mass is 15.2. The first-order valence-electron chi connectivity index (χ1n) is 7.10. The Labute approximate surface area is 105 Å². The summed E-state index contributed by atoms with van der Waals surface area (Å²) in [6, 6.07) is 0.974. The van der Waals surface area contributed by atoms with Crippen LogP contribution in [-0.4, -0.2) is 42.6 Å². The number of aliphatic imine (C=N–C) groups is 1. The van der Waals surface area contributed by atoms with Crippen molar-refractivity contribution in [2.75, 3.05) is 19.6 Å². The predicted molar refractivity (Wildman–Crippen MR) is 72.2 cm³/mol. The summed E-state index contributed by atoms with van der Waals surface area (Å²) in [5.41, 5.74) is 5.99. The standard InChI is InChI=1S/C13H26N4/c1-2-17-9-5-8-12(10-17)16-13(14)15-11-6-3-4-7-11/h11-12H,2-10H2,1H3,(H3,14,15,16). The van der Waals surface area contributed by atoms with E-state index in [1.54, 1.807) is 0 Å². The number of likely N-dealkylation sites (N-methyl/N-ethyl adjacent to an activating group) is 1. The molecule has 0 spiro atoms. The van der Waals surface area contributed by atoms with E-state index in [-0.39, 0.29) is 0 Å². The number of nitrogens with one attached hydrogen (secondary N) is 1. The summed E-state index contributed by atoms with van der Waals surface area (Å²) >= 11 is 0. The highest BCUT2D eigenvalue weighted by Gasteiger charge is 2.19. The van der Waals surface area contributed by atoms with E-state index in [0.717, 1.165) is 13.1 Å². The summed E-state index contributed by atoms with van der Waals surface area (Å²) in [5, 5.41) is 3.40. The van der Waals surface area contributed by atoms with Gasteiger partial charge < -0.3 is 16.0 Å². The van der Waals surface area contributed by atoms with Crippen molar-refractivity contribution in [3.8, 4) is 0 Å². The molecule has 0 aromatic rings. The molecule has 0 aromatic heterocycles. The van der Waals surface area contributed by atoms with Gasteiger partial charge >= 0.3 is 0 Å². The Hall–Kier alpha value is -0.770. The Kier molecular flexibility index (Phi) is 4.66. The van der Waals surface area contributed by atoms with Gasteiger partial charge in [0, 0.05) is 12.6 Å². The Morgan fingerprint density at radius 2 is 2.06 bits per heavy atom. The number of guanidine groups is 1. The van der Waals surface area contributed by atoms with Gasteiger partial charge in [-0.1, -0.05) is 19.8 Å². The Balaban J connectivity index is 1.78. The van der Waals surface area contributed by atoms with Gasteiger partial charge in [-0.25, -0.2) is 0 Å². The van der Waals surface area contributed by atoms with Crippen LogP contribution in [0.4, 0.5) is 0 Å². The van der Waals surface area contributed by atoms with Crippen LogP contribution in [0, 0.1) is 0 Å². The first-order chi connectivity index (χ1) is 8.28. The van der Waals surface area contributed by atoms with E-state index < -0.39 is 0 Å². The average Bonchev–Trinajstić information content (AvgIpc) is 2.82. The van der Waals surface area contributed by atoms with Crippen LogP contribution in [0.3, 0.4) is 0 Å². The van der Waals surface area contributed by atoms with Gasteiger partial charge in [0.05, 0.1) is 6.04 Å². The van der Waals surface area contributed by atoms with Gasteiger partial charge in [0.1, 0.15) is 0 Å². The van der Waals surface area contributed by atoms with E-state index in [9.17, 15) is 0 Å². The fourth-order valence-corrected chi connectivity index (χ4v) is 2.94. The fraction of sp³-hybridized carbons (Fsp3) is 0.923. The lowest BCUT2D eigenvalue weighted by Crippen LogP contribution is -2.49. The van der Waals surface area contributed by atoms with E-state index in [4.69, 9.17) is 5.73 Å². The zero-order valence-electron chi connectivity index (χ0n) is 11.0. The van der Waals surface area contributed by atoms with Crippen LogP contribution < -0.4 is 11.1 Å². The van der Waals surface area contributed by atoms with Gasteiger partial charge in [-0.05, 0) is 38.8 Å². The first kappa shape index (κ1) is 12.7. The van der Waals surface area contributed by atoms with E-state index in [1.165, 1.54) is 45.1 Å². The van der Waals surface area contributed by atoms with Crippen molar-refractivity contribution in [3.63, 3.8) is 0 Å². The number of piperidine rings is 1. The molecule has 1 atom stereocenters. The minimum absolute atomic E-state index is 0.480. The molecule has 2 rings (SSSR count). The van der Waals surface area contributed by atoms with Crippen LogP contribution in [0.5, 0.6) is 0 Å². The lowest BCUT2D eigenvalue weighted by atomic mass is 10.1. The molecule has 0 radical (unpaired) electrons. The molecule has 17 heavy (non-hydrogen) atoms. The molecule has 1 unspecified atom stereocenters. The zero-order valence-corrected chi connectivity index (χ0v) is 11.0. The van der Waals surface area contributed by atoms with Crippen molar-refractivity contribution >= 4 is 5.96 Å². The first-order valence-corrected chi connectivity index (χ1v) is 7.10. The summed E-state index contributed by atoms with van der Waals surface area (Å²) in [7, 11) is 0. The lowest BCUT2D eigenvalue weighted by Gasteiger charge is -2.32. The molecule has 1 heterocycles. The molecular weight excluding hydrogens is 212 g/mol. The molecule has 1 saturated carbocycles. The van der Waals surface area contributed by atoms with Crippen LogP contribution in [0.1, 0.15) is 45.4 Å². The minimum Gasteiger partial charge on any atom is -0.370 e. The van der Waals surface area contributed by atoms with Gasteiger partial charge in [-0.2, -0.15) is 0 Å². The average molecular weight is 238 g/mol. The zero-order chi connectivity index (χ0) is 12.1. The van der Waals surface area contributed by atoms with Crippen molar-refractivity contribution in [3.05, 3.63) is 0 Å². The largest absolute Gasteiger partial charge is 0.370 e. The highest BCUT2D eigenvalue weighted by Crippen LogP contribution is 2.20. The number of nitrogens with two attached hydrogens (primary N) is 1.